The number of carbonyl (C=O) groups is 1. The average Bonchev–Trinajstić information content (AvgIpc) is 3.10. The first-order chi connectivity index (χ1) is 11.7. The Hall–Kier alpha value is -1.89. The van der Waals surface area contributed by atoms with Crippen LogP contribution in [0.3, 0.4) is 0 Å². The highest BCUT2D eigenvalue weighted by molar-refractivity contribution is 7.99. The van der Waals surface area contributed by atoms with Gasteiger partial charge in [-0.1, -0.05) is 61.4 Å². The molecule has 1 aliphatic carbocycles. The molecule has 1 aromatic carbocycles. The zero-order chi connectivity index (χ0) is 16.8. The molecule has 2 aromatic rings. The molecule has 1 N–H and O–H groups in total. The summed E-state index contributed by atoms with van der Waals surface area (Å²) in [5.74, 6) is 0.319. The lowest BCUT2D eigenvalue weighted by Gasteiger charge is -2.22. The zero-order valence-corrected chi connectivity index (χ0v) is 14.7. The monoisotopic (exact) mass is 345 g/mol. The number of aromatic nitrogens is 4. The molecule has 1 saturated carbocycles. The lowest BCUT2D eigenvalue weighted by Crippen LogP contribution is -2.28. The van der Waals surface area contributed by atoms with E-state index in [4.69, 9.17) is 0 Å². The molecular weight excluding hydrogens is 322 g/mol. The predicted molar refractivity (Wildman–Crippen MR) is 93.7 cm³/mol. The van der Waals surface area contributed by atoms with E-state index in [1.54, 1.807) is 0 Å². The second kappa shape index (κ2) is 8.28. The molecule has 1 aliphatic rings. The van der Waals surface area contributed by atoms with Crippen molar-refractivity contribution in [3.63, 3.8) is 0 Å². The van der Waals surface area contributed by atoms with E-state index in [1.165, 1.54) is 31.0 Å². The number of thioether (sulfide) groups is 1. The highest BCUT2D eigenvalue weighted by Gasteiger charge is 2.21. The third kappa shape index (κ3) is 4.35. The number of hydrogen-bond acceptors (Lipinski definition) is 5. The van der Waals surface area contributed by atoms with Crippen LogP contribution in [0.4, 0.5) is 0 Å². The van der Waals surface area contributed by atoms with Crippen molar-refractivity contribution >= 4 is 17.7 Å². The van der Waals surface area contributed by atoms with Gasteiger partial charge in [-0.25, -0.2) is 4.68 Å². The van der Waals surface area contributed by atoms with Gasteiger partial charge < -0.3 is 5.32 Å². The van der Waals surface area contributed by atoms with Crippen LogP contribution >= 0.6 is 11.8 Å². The van der Waals surface area contributed by atoms with E-state index in [9.17, 15) is 4.79 Å². The van der Waals surface area contributed by atoms with E-state index < -0.39 is 0 Å². The Morgan fingerprint density at radius 3 is 2.79 bits per heavy atom. The highest BCUT2D eigenvalue weighted by Crippen LogP contribution is 2.30. The van der Waals surface area contributed by atoms with E-state index in [0.29, 0.717) is 11.8 Å². The molecule has 24 heavy (non-hydrogen) atoms. The van der Waals surface area contributed by atoms with E-state index >= 15 is 0 Å². The normalized spacial score (nSPS) is 16.7. The molecule has 0 saturated heterocycles. The van der Waals surface area contributed by atoms with E-state index in [-0.39, 0.29) is 11.9 Å². The van der Waals surface area contributed by atoms with Gasteiger partial charge in [0.25, 0.3) is 0 Å². The quantitative estimate of drug-likeness (QED) is 0.814. The first kappa shape index (κ1) is 17.0. The molecule has 128 valence electrons. The van der Waals surface area contributed by atoms with Crippen LogP contribution in [-0.4, -0.2) is 31.9 Å². The Morgan fingerprint density at radius 2 is 2.04 bits per heavy atom. The van der Waals surface area contributed by atoms with Crippen molar-refractivity contribution in [2.75, 3.05) is 5.75 Å². The fourth-order valence-electron chi connectivity index (χ4n) is 3.07. The van der Waals surface area contributed by atoms with Gasteiger partial charge in [0.2, 0.25) is 11.1 Å². The number of rotatable bonds is 6. The van der Waals surface area contributed by atoms with Gasteiger partial charge in [0.1, 0.15) is 0 Å². The molecule has 1 heterocycles. The Balaban J connectivity index is 1.52. The molecule has 0 radical (unpaired) electrons. The Labute approximate surface area is 146 Å². The van der Waals surface area contributed by atoms with Gasteiger partial charge in [0.05, 0.1) is 17.8 Å². The second-order valence-electron chi connectivity index (χ2n) is 6.19. The van der Waals surface area contributed by atoms with Gasteiger partial charge >= 0.3 is 0 Å². The maximum Gasteiger partial charge on any atom is 0.230 e. The number of amides is 1. The zero-order valence-electron chi connectivity index (χ0n) is 13.9. The molecular formula is C17H23N5OS. The van der Waals surface area contributed by atoms with Gasteiger partial charge in [-0.15, -0.1) is 5.10 Å². The minimum absolute atomic E-state index is 0.00505. The number of carbonyl (C=O) groups excluding carboxylic acids is 1. The minimum atomic E-state index is -0.00589. The molecule has 0 aliphatic heterocycles. The molecule has 1 amide bonds. The van der Waals surface area contributed by atoms with Crippen LogP contribution < -0.4 is 5.32 Å². The smallest absolute Gasteiger partial charge is 0.230 e. The Morgan fingerprint density at radius 1 is 1.29 bits per heavy atom. The summed E-state index contributed by atoms with van der Waals surface area (Å²) in [6, 6.07) is 10.3. The van der Waals surface area contributed by atoms with Gasteiger partial charge in [0.15, 0.2) is 0 Å². The standard InChI is InChI=1S/C17H23N5OS/c1-13(14-8-4-2-5-9-14)18-16(23)12-24-17-19-20-21-22(17)15-10-6-3-7-11-15/h2,4-5,8-9,13,15H,3,6-7,10-12H2,1H3,(H,18,23)/t13-/m0/s1. The molecule has 6 nitrogen and oxygen atoms in total. The van der Waals surface area contributed by atoms with Crippen LogP contribution in [0.25, 0.3) is 0 Å². The van der Waals surface area contributed by atoms with Crippen LogP contribution in [0.15, 0.2) is 35.5 Å². The summed E-state index contributed by atoms with van der Waals surface area (Å²) >= 11 is 1.41. The number of benzene rings is 1. The van der Waals surface area contributed by atoms with Crippen molar-refractivity contribution in [2.24, 2.45) is 0 Å². The third-order valence-electron chi connectivity index (χ3n) is 4.39. The maximum absolute atomic E-state index is 12.2. The molecule has 0 bridgehead atoms. The first-order valence-corrected chi connectivity index (χ1v) is 9.47. The van der Waals surface area contributed by atoms with Crippen LogP contribution in [-0.2, 0) is 4.79 Å². The van der Waals surface area contributed by atoms with Crippen LogP contribution in [0.5, 0.6) is 0 Å². The van der Waals surface area contributed by atoms with Crippen molar-refractivity contribution in [1.29, 1.82) is 0 Å². The molecule has 7 heteroatoms. The van der Waals surface area contributed by atoms with Gasteiger partial charge in [-0.3, -0.25) is 4.79 Å². The highest BCUT2D eigenvalue weighted by atomic mass is 32.2. The average molecular weight is 345 g/mol. The third-order valence-corrected chi connectivity index (χ3v) is 5.33. The van der Waals surface area contributed by atoms with Crippen LogP contribution in [0, 0.1) is 0 Å². The van der Waals surface area contributed by atoms with Crippen molar-refractivity contribution < 1.29 is 4.79 Å². The van der Waals surface area contributed by atoms with Crippen molar-refractivity contribution in [3.8, 4) is 0 Å². The summed E-state index contributed by atoms with van der Waals surface area (Å²) in [4.78, 5) is 12.2. The number of nitrogens with zero attached hydrogens (tertiary/aromatic N) is 4. The second-order valence-corrected chi connectivity index (χ2v) is 7.13. The molecule has 1 aromatic heterocycles. The molecule has 1 atom stereocenters. The number of hydrogen-bond donors (Lipinski definition) is 1. The Kier molecular flexibility index (Phi) is 5.85. The number of tetrazole rings is 1. The van der Waals surface area contributed by atoms with Crippen molar-refractivity contribution in [3.05, 3.63) is 35.9 Å². The minimum Gasteiger partial charge on any atom is -0.349 e. The summed E-state index contributed by atoms with van der Waals surface area (Å²) in [5.41, 5.74) is 1.10. The van der Waals surface area contributed by atoms with Crippen molar-refractivity contribution in [1.82, 2.24) is 25.5 Å². The van der Waals surface area contributed by atoms with Crippen LogP contribution in [0.2, 0.25) is 0 Å². The molecule has 0 unspecified atom stereocenters. The molecule has 3 rings (SSSR count). The molecule has 1 fully saturated rings. The van der Waals surface area contributed by atoms with Gasteiger partial charge in [-0.2, -0.15) is 0 Å². The van der Waals surface area contributed by atoms with E-state index in [2.05, 4.69) is 20.8 Å². The van der Waals surface area contributed by atoms with E-state index in [1.807, 2.05) is 41.9 Å². The van der Waals surface area contributed by atoms with E-state index in [0.717, 1.165) is 23.6 Å². The van der Waals surface area contributed by atoms with Gasteiger partial charge in [0, 0.05) is 0 Å². The first-order valence-electron chi connectivity index (χ1n) is 8.49. The summed E-state index contributed by atoms with van der Waals surface area (Å²) in [6.07, 6.45) is 5.99. The summed E-state index contributed by atoms with van der Waals surface area (Å²) in [5, 5.41) is 15.8. The number of nitrogens with one attached hydrogen (secondary N) is 1. The van der Waals surface area contributed by atoms with Crippen molar-refractivity contribution in [2.45, 2.75) is 56.3 Å². The van der Waals surface area contributed by atoms with Crippen LogP contribution in [0.1, 0.15) is 56.7 Å². The maximum atomic E-state index is 12.2. The predicted octanol–water partition coefficient (Wildman–Crippen LogP) is 3.15. The summed E-state index contributed by atoms with van der Waals surface area (Å²) in [7, 11) is 0. The fourth-order valence-corrected chi connectivity index (χ4v) is 3.83. The van der Waals surface area contributed by atoms with Gasteiger partial charge in [-0.05, 0) is 35.8 Å². The SMILES string of the molecule is C[C@H](NC(=O)CSc1nnnn1C1CCCCC1)c1ccccc1. The topological polar surface area (TPSA) is 72.7 Å². The summed E-state index contributed by atoms with van der Waals surface area (Å²) in [6.45, 7) is 1.99. The Bertz CT molecular complexity index is 654. The lowest BCUT2D eigenvalue weighted by molar-refractivity contribution is -0.119. The summed E-state index contributed by atoms with van der Waals surface area (Å²) < 4.78 is 1.90. The lowest BCUT2D eigenvalue weighted by atomic mass is 9.96. The largest absolute Gasteiger partial charge is 0.349 e. The fraction of sp³-hybridized carbons (Fsp3) is 0.529. The molecule has 0 spiro atoms.